The van der Waals surface area contributed by atoms with E-state index in [0.717, 1.165) is 10.2 Å². The number of nitrogens with one attached hydrogen (secondary N) is 2. The maximum absolute atomic E-state index is 12.2. The molecule has 3 rings (SSSR count). The van der Waals surface area contributed by atoms with Gasteiger partial charge in [-0.1, -0.05) is 0 Å². The van der Waals surface area contributed by atoms with Gasteiger partial charge in [0.1, 0.15) is 5.69 Å². The number of hydrogen-bond acceptors (Lipinski definition) is 4. The van der Waals surface area contributed by atoms with E-state index >= 15 is 0 Å². The second-order valence-corrected chi connectivity index (χ2v) is 6.13. The predicted octanol–water partition coefficient (Wildman–Crippen LogP) is 2.48. The van der Waals surface area contributed by atoms with Crippen LogP contribution in [0.15, 0.2) is 41.8 Å². The minimum Gasteiger partial charge on any atom is -0.342 e. The Morgan fingerprint density at radius 1 is 1.25 bits per heavy atom. The molecule has 0 aliphatic heterocycles. The third kappa shape index (κ3) is 3.14. The molecule has 120 valence electrons. The summed E-state index contributed by atoms with van der Waals surface area (Å²) in [5, 5.41) is 16.0. The number of thiophene rings is 1. The Kier molecular flexibility index (Phi) is 4.31. The number of anilines is 1. The third-order valence-corrected chi connectivity index (χ3v) is 4.46. The molecule has 0 atom stereocenters. The van der Waals surface area contributed by atoms with Crippen molar-refractivity contribution in [3.8, 4) is 6.07 Å². The summed E-state index contributed by atoms with van der Waals surface area (Å²) in [5.74, 6) is -0.625. The van der Waals surface area contributed by atoms with Crippen LogP contribution in [0.3, 0.4) is 0 Å². The summed E-state index contributed by atoms with van der Waals surface area (Å²) in [5.41, 5.74) is 2.60. The molecule has 0 saturated carbocycles. The normalized spacial score (nSPS) is 10.3. The fourth-order valence-corrected chi connectivity index (χ4v) is 3.20. The molecule has 0 unspecified atom stereocenters. The van der Waals surface area contributed by atoms with Crippen LogP contribution >= 0.6 is 11.3 Å². The third-order valence-electron chi connectivity index (χ3n) is 3.60. The molecule has 1 aromatic carbocycles. The molecule has 0 spiro atoms. The fraction of sp³-hybridized carbons (Fsp3) is 0.118. The van der Waals surface area contributed by atoms with Crippen molar-refractivity contribution in [3.63, 3.8) is 0 Å². The van der Waals surface area contributed by atoms with Gasteiger partial charge in [0, 0.05) is 12.7 Å². The van der Waals surface area contributed by atoms with Crippen LogP contribution in [0.25, 0.3) is 10.2 Å². The van der Waals surface area contributed by atoms with Crippen molar-refractivity contribution in [3.05, 3.63) is 53.0 Å². The van der Waals surface area contributed by atoms with E-state index in [-0.39, 0.29) is 18.4 Å². The zero-order valence-corrected chi connectivity index (χ0v) is 13.7. The van der Waals surface area contributed by atoms with E-state index in [0.29, 0.717) is 16.9 Å². The SMILES string of the molecule is Cn1c(C(=O)NCC(=O)Nc2ccc(C#N)cc2)cc2sccc21. The predicted molar refractivity (Wildman–Crippen MR) is 92.9 cm³/mol. The van der Waals surface area contributed by atoms with Gasteiger partial charge in [-0.2, -0.15) is 5.26 Å². The average Bonchev–Trinajstić information content (AvgIpc) is 3.17. The zero-order valence-electron chi connectivity index (χ0n) is 12.9. The maximum Gasteiger partial charge on any atom is 0.268 e. The van der Waals surface area contributed by atoms with Crippen LogP contribution in [0.1, 0.15) is 16.1 Å². The van der Waals surface area contributed by atoms with Crippen LogP contribution < -0.4 is 10.6 Å². The minimum atomic E-state index is -0.330. The molecule has 2 N–H and O–H groups in total. The average molecular weight is 338 g/mol. The fourth-order valence-electron chi connectivity index (χ4n) is 2.35. The zero-order chi connectivity index (χ0) is 17.1. The van der Waals surface area contributed by atoms with Crippen molar-refractivity contribution < 1.29 is 9.59 Å². The highest BCUT2D eigenvalue weighted by atomic mass is 32.1. The van der Waals surface area contributed by atoms with Crippen LogP contribution in [-0.2, 0) is 11.8 Å². The van der Waals surface area contributed by atoms with Gasteiger partial charge in [-0.3, -0.25) is 9.59 Å². The Bertz CT molecular complexity index is 947. The van der Waals surface area contributed by atoms with Crippen LogP contribution in [0.4, 0.5) is 5.69 Å². The van der Waals surface area contributed by atoms with Crippen LogP contribution in [0, 0.1) is 11.3 Å². The Balaban J connectivity index is 1.59. The van der Waals surface area contributed by atoms with E-state index in [1.165, 1.54) is 0 Å². The highest BCUT2D eigenvalue weighted by Gasteiger charge is 2.14. The van der Waals surface area contributed by atoms with Gasteiger partial charge >= 0.3 is 0 Å². The quantitative estimate of drug-likeness (QED) is 0.766. The molecule has 0 saturated heterocycles. The van der Waals surface area contributed by atoms with Gasteiger partial charge in [0.2, 0.25) is 5.91 Å². The Morgan fingerprint density at radius 2 is 2.00 bits per heavy atom. The molecule has 0 bridgehead atoms. The number of nitriles is 1. The first kappa shape index (κ1) is 15.8. The van der Waals surface area contributed by atoms with E-state index < -0.39 is 0 Å². The number of carbonyl (C=O) groups is 2. The molecule has 3 aromatic rings. The lowest BCUT2D eigenvalue weighted by atomic mass is 10.2. The monoisotopic (exact) mass is 338 g/mol. The highest BCUT2D eigenvalue weighted by Crippen LogP contribution is 2.23. The number of benzene rings is 1. The van der Waals surface area contributed by atoms with Gasteiger partial charge in [0.25, 0.3) is 5.91 Å². The van der Waals surface area contributed by atoms with Gasteiger partial charge in [-0.15, -0.1) is 11.3 Å². The Labute approximate surface area is 142 Å². The van der Waals surface area contributed by atoms with Crippen molar-refractivity contribution in [2.24, 2.45) is 7.05 Å². The van der Waals surface area contributed by atoms with Gasteiger partial charge in [0.05, 0.1) is 28.4 Å². The topological polar surface area (TPSA) is 86.9 Å². The van der Waals surface area contributed by atoms with Gasteiger partial charge in [-0.25, -0.2) is 0 Å². The first-order valence-corrected chi connectivity index (χ1v) is 8.07. The van der Waals surface area contributed by atoms with Crippen LogP contribution in [0.5, 0.6) is 0 Å². The molecule has 0 fully saturated rings. The van der Waals surface area contributed by atoms with Gasteiger partial charge in [-0.05, 0) is 41.8 Å². The summed E-state index contributed by atoms with van der Waals surface area (Å²) < 4.78 is 2.84. The number of nitrogens with zero attached hydrogens (tertiary/aromatic N) is 2. The molecule has 6 nitrogen and oxygen atoms in total. The lowest BCUT2D eigenvalue weighted by Crippen LogP contribution is -2.33. The van der Waals surface area contributed by atoms with Crippen LogP contribution in [0.2, 0.25) is 0 Å². The number of amides is 2. The molecule has 2 aromatic heterocycles. The summed E-state index contributed by atoms with van der Waals surface area (Å²) in [6.45, 7) is -0.127. The summed E-state index contributed by atoms with van der Waals surface area (Å²) in [6, 6.07) is 12.3. The van der Waals surface area contributed by atoms with E-state index in [1.807, 2.05) is 30.6 Å². The lowest BCUT2D eigenvalue weighted by Gasteiger charge is -2.08. The standard InChI is InChI=1S/C17H14N4O2S/c1-21-13-6-7-24-15(13)8-14(21)17(23)19-10-16(22)20-12-4-2-11(9-18)3-5-12/h2-8H,10H2,1H3,(H,19,23)(H,20,22). The Hall–Kier alpha value is -3.11. The van der Waals surface area contributed by atoms with E-state index in [4.69, 9.17) is 5.26 Å². The van der Waals surface area contributed by atoms with Crippen molar-refractivity contribution in [1.82, 2.24) is 9.88 Å². The van der Waals surface area contributed by atoms with Crippen molar-refractivity contribution in [2.45, 2.75) is 0 Å². The molecule has 2 heterocycles. The summed E-state index contributed by atoms with van der Waals surface area (Å²) in [6.07, 6.45) is 0. The second-order valence-electron chi connectivity index (χ2n) is 5.18. The largest absolute Gasteiger partial charge is 0.342 e. The summed E-state index contributed by atoms with van der Waals surface area (Å²) in [7, 11) is 1.82. The van der Waals surface area contributed by atoms with Crippen molar-refractivity contribution in [2.75, 3.05) is 11.9 Å². The number of hydrogen-bond donors (Lipinski definition) is 2. The summed E-state index contributed by atoms with van der Waals surface area (Å²) in [4.78, 5) is 24.1. The first-order chi connectivity index (χ1) is 11.6. The first-order valence-electron chi connectivity index (χ1n) is 7.19. The number of aromatic nitrogens is 1. The molecule has 0 aliphatic rings. The number of aryl methyl sites for hydroxylation is 1. The molecule has 2 amide bonds. The molecular formula is C17H14N4O2S. The number of rotatable bonds is 4. The highest BCUT2D eigenvalue weighted by molar-refractivity contribution is 7.17. The van der Waals surface area contributed by atoms with Gasteiger partial charge < -0.3 is 15.2 Å². The maximum atomic E-state index is 12.2. The second kappa shape index (κ2) is 6.56. The van der Waals surface area contributed by atoms with E-state index in [9.17, 15) is 9.59 Å². The number of carbonyl (C=O) groups excluding carboxylic acids is 2. The smallest absolute Gasteiger partial charge is 0.268 e. The van der Waals surface area contributed by atoms with Gasteiger partial charge in [0.15, 0.2) is 0 Å². The Morgan fingerprint density at radius 3 is 2.67 bits per heavy atom. The molecule has 7 heteroatoms. The minimum absolute atomic E-state index is 0.127. The number of fused-ring (bicyclic) bond motifs is 1. The molecule has 0 aliphatic carbocycles. The summed E-state index contributed by atoms with van der Waals surface area (Å²) >= 11 is 1.57. The van der Waals surface area contributed by atoms with Crippen molar-refractivity contribution in [1.29, 1.82) is 5.26 Å². The van der Waals surface area contributed by atoms with Crippen molar-refractivity contribution >= 4 is 39.1 Å². The molecular weight excluding hydrogens is 324 g/mol. The lowest BCUT2D eigenvalue weighted by molar-refractivity contribution is -0.115. The van der Waals surface area contributed by atoms with E-state index in [2.05, 4.69) is 10.6 Å². The van der Waals surface area contributed by atoms with Crippen LogP contribution in [-0.4, -0.2) is 22.9 Å². The molecule has 0 radical (unpaired) electrons. The molecule has 24 heavy (non-hydrogen) atoms. The van der Waals surface area contributed by atoms with E-state index in [1.54, 1.807) is 40.2 Å².